The summed E-state index contributed by atoms with van der Waals surface area (Å²) in [6.07, 6.45) is -0.190. The van der Waals surface area contributed by atoms with Crippen molar-refractivity contribution in [3.8, 4) is 11.5 Å². The van der Waals surface area contributed by atoms with Crippen LogP contribution in [0.25, 0.3) is 0 Å². The zero-order chi connectivity index (χ0) is 18.3. The molecule has 0 spiro atoms. The highest BCUT2D eigenvalue weighted by Gasteiger charge is 2.18. The molecule has 0 heterocycles. The molecule has 0 aliphatic carbocycles. The van der Waals surface area contributed by atoms with E-state index in [-0.39, 0.29) is 23.6 Å². The van der Waals surface area contributed by atoms with Gasteiger partial charge in [-0.25, -0.2) is 13.1 Å². The van der Waals surface area contributed by atoms with Crippen molar-refractivity contribution in [2.75, 3.05) is 20.8 Å². The number of nitrogens with one attached hydrogen (secondary N) is 2. The summed E-state index contributed by atoms with van der Waals surface area (Å²) in [5.41, 5.74) is 0. The average molecular weight is 360 g/mol. The molecular formula is C14H20N2O7S. The fourth-order valence-electron chi connectivity index (χ4n) is 1.74. The second kappa shape index (κ2) is 8.50. The number of methoxy groups -OCH3 is 2. The number of sulfonamides is 1. The first-order valence-electron chi connectivity index (χ1n) is 6.95. The number of benzene rings is 1. The summed E-state index contributed by atoms with van der Waals surface area (Å²) in [6, 6.07) is 3.05. The van der Waals surface area contributed by atoms with Crippen LogP contribution in [0.5, 0.6) is 11.5 Å². The van der Waals surface area contributed by atoms with Gasteiger partial charge in [0, 0.05) is 19.0 Å². The van der Waals surface area contributed by atoms with Gasteiger partial charge in [0.15, 0.2) is 11.5 Å². The normalized spacial score (nSPS) is 12.3. The Bertz CT molecular complexity index is 703. The van der Waals surface area contributed by atoms with Crippen LogP contribution < -0.4 is 19.5 Å². The van der Waals surface area contributed by atoms with E-state index in [4.69, 9.17) is 14.6 Å². The molecule has 1 rings (SSSR count). The van der Waals surface area contributed by atoms with Crippen LogP contribution >= 0.6 is 0 Å². The second-order valence-electron chi connectivity index (χ2n) is 4.79. The van der Waals surface area contributed by atoms with Crippen LogP contribution in [0.2, 0.25) is 0 Å². The molecule has 1 unspecified atom stereocenters. The van der Waals surface area contributed by atoms with Crippen LogP contribution in [-0.2, 0) is 19.6 Å². The summed E-state index contributed by atoms with van der Waals surface area (Å²) < 4.78 is 36.7. The van der Waals surface area contributed by atoms with Crippen molar-refractivity contribution in [3.63, 3.8) is 0 Å². The summed E-state index contributed by atoms with van der Waals surface area (Å²) in [7, 11) is -1.02. The number of carbonyl (C=O) groups excluding carboxylic acids is 1. The topological polar surface area (TPSA) is 131 Å². The van der Waals surface area contributed by atoms with Crippen molar-refractivity contribution in [2.45, 2.75) is 24.3 Å². The molecule has 1 atom stereocenters. The first-order valence-corrected chi connectivity index (χ1v) is 8.43. The largest absolute Gasteiger partial charge is 0.493 e. The Kier molecular flexibility index (Phi) is 6.98. The van der Waals surface area contributed by atoms with E-state index < -0.39 is 27.9 Å². The molecule has 0 saturated carbocycles. The fourth-order valence-corrected chi connectivity index (χ4v) is 2.79. The smallest absolute Gasteiger partial charge is 0.325 e. The highest BCUT2D eigenvalue weighted by atomic mass is 32.2. The van der Waals surface area contributed by atoms with Crippen molar-refractivity contribution in [3.05, 3.63) is 18.2 Å². The molecule has 1 amide bonds. The van der Waals surface area contributed by atoms with E-state index in [1.54, 1.807) is 0 Å². The Morgan fingerprint density at radius 3 is 2.38 bits per heavy atom. The maximum atomic E-state index is 12.2. The molecule has 9 nitrogen and oxygen atoms in total. The van der Waals surface area contributed by atoms with E-state index in [9.17, 15) is 18.0 Å². The third-order valence-corrected chi connectivity index (χ3v) is 4.52. The highest BCUT2D eigenvalue weighted by Crippen LogP contribution is 2.29. The summed E-state index contributed by atoms with van der Waals surface area (Å²) in [5.74, 6) is -1.10. The van der Waals surface area contributed by atoms with Gasteiger partial charge in [0.25, 0.3) is 0 Å². The maximum Gasteiger partial charge on any atom is 0.325 e. The second-order valence-corrected chi connectivity index (χ2v) is 6.56. The van der Waals surface area contributed by atoms with Crippen LogP contribution in [0, 0.1) is 0 Å². The Labute approximate surface area is 140 Å². The number of amides is 1. The van der Waals surface area contributed by atoms with Gasteiger partial charge in [-0.15, -0.1) is 0 Å². The van der Waals surface area contributed by atoms with Crippen molar-refractivity contribution >= 4 is 21.9 Å². The summed E-state index contributed by atoms with van der Waals surface area (Å²) in [4.78, 5) is 22.1. The van der Waals surface area contributed by atoms with Gasteiger partial charge in [0.2, 0.25) is 15.9 Å². The minimum atomic E-state index is -3.84. The summed E-state index contributed by atoms with van der Waals surface area (Å²) in [6.45, 7) is 1.14. The van der Waals surface area contributed by atoms with Crippen LogP contribution in [-0.4, -0.2) is 52.2 Å². The molecule has 0 bridgehead atoms. The Morgan fingerprint density at radius 1 is 1.21 bits per heavy atom. The third-order valence-electron chi connectivity index (χ3n) is 3.06. The molecule has 0 radical (unpaired) electrons. The molecule has 0 aromatic heterocycles. The molecule has 0 saturated heterocycles. The van der Waals surface area contributed by atoms with Crippen LogP contribution in [0.15, 0.2) is 23.1 Å². The van der Waals surface area contributed by atoms with Gasteiger partial charge in [-0.05, 0) is 19.1 Å². The number of ether oxygens (including phenoxy) is 2. The molecule has 1 aromatic rings. The number of carboxylic acid groups (broad SMARTS) is 1. The van der Waals surface area contributed by atoms with Crippen LogP contribution in [0.3, 0.4) is 0 Å². The van der Waals surface area contributed by atoms with E-state index >= 15 is 0 Å². The van der Waals surface area contributed by atoms with Gasteiger partial charge in [-0.1, -0.05) is 0 Å². The minimum absolute atomic E-state index is 0.0422. The molecule has 0 aliphatic rings. The Hall–Kier alpha value is -2.33. The first-order chi connectivity index (χ1) is 11.2. The standard InChI is InChI=1S/C14H20N2O7S/c1-9(14(18)19)16-13(17)6-7-15-24(20,21)10-4-5-11(22-2)12(8-10)23-3/h4-5,8-9,15H,6-7H2,1-3H3,(H,16,17)(H,18,19). The molecule has 134 valence electrons. The number of carboxylic acids is 1. The van der Waals surface area contributed by atoms with Gasteiger partial charge in [-0.2, -0.15) is 0 Å². The summed E-state index contributed by atoms with van der Waals surface area (Å²) >= 11 is 0. The van der Waals surface area contributed by atoms with Crippen molar-refractivity contribution in [2.24, 2.45) is 0 Å². The van der Waals surface area contributed by atoms with E-state index in [0.717, 1.165) is 0 Å². The van der Waals surface area contributed by atoms with Crippen LogP contribution in [0.4, 0.5) is 0 Å². The highest BCUT2D eigenvalue weighted by molar-refractivity contribution is 7.89. The maximum absolute atomic E-state index is 12.2. The van der Waals surface area contributed by atoms with Crippen molar-refractivity contribution < 1.29 is 32.6 Å². The molecule has 24 heavy (non-hydrogen) atoms. The minimum Gasteiger partial charge on any atom is -0.493 e. The lowest BCUT2D eigenvalue weighted by atomic mass is 10.3. The third kappa shape index (κ3) is 5.39. The lowest BCUT2D eigenvalue weighted by Crippen LogP contribution is -2.39. The number of carbonyl (C=O) groups is 2. The van der Waals surface area contributed by atoms with E-state index in [2.05, 4.69) is 10.0 Å². The van der Waals surface area contributed by atoms with Gasteiger partial charge in [0.1, 0.15) is 6.04 Å². The van der Waals surface area contributed by atoms with E-state index in [1.807, 2.05) is 0 Å². The van der Waals surface area contributed by atoms with Gasteiger partial charge in [0.05, 0.1) is 19.1 Å². The number of hydrogen-bond donors (Lipinski definition) is 3. The predicted molar refractivity (Wildman–Crippen MR) is 84.6 cm³/mol. The summed E-state index contributed by atoms with van der Waals surface area (Å²) in [5, 5.41) is 10.9. The zero-order valence-corrected chi connectivity index (χ0v) is 14.3. The van der Waals surface area contributed by atoms with Gasteiger partial charge in [-0.3, -0.25) is 9.59 Å². The Balaban J connectivity index is 2.67. The number of hydrogen-bond acceptors (Lipinski definition) is 6. The van der Waals surface area contributed by atoms with Crippen molar-refractivity contribution in [1.29, 1.82) is 0 Å². The zero-order valence-electron chi connectivity index (χ0n) is 13.5. The van der Waals surface area contributed by atoms with E-state index in [0.29, 0.717) is 5.75 Å². The van der Waals surface area contributed by atoms with Crippen molar-refractivity contribution in [1.82, 2.24) is 10.0 Å². The molecule has 3 N–H and O–H groups in total. The molecule has 10 heteroatoms. The fraction of sp³-hybridized carbons (Fsp3) is 0.429. The Morgan fingerprint density at radius 2 is 1.83 bits per heavy atom. The SMILES string of the molecule is COc1ccc(S(=O)(=O)NCCC(=O)NC(C)C(=O)O)cc1OC. The number of aliphatic carboxylic acids is 1. The molecule has 1 aromatic carbocycles. The predicted octanol–water partition coefficient (Wildman–Crippen LogP) is -0.0385. The van der Waals surface area contributed by atoms with Gasteiger partial charge >= 0.3 is 5.97 Å². The first kappa shape index (κ1) is 19.7. The monoisotopic (exact) mass is 360 g/mol. The quantitative estimate of drug-likeness (QED) is 0.563. The molecule has 0 aliphatic heterocycles. The van der Waals surface area contributed by atoms with Gasteiger partial charge < -0.3 is 19.9 Å². The lowest BCUT2D eigenvalue weighted by Gasteiger charge is -2.12. The molecular weight excluding hydrogens is 340 g/mol. The number of rotatable bonds is 9. The van der Waals surface area contributed by atoms with E-state index in [1.165, 1.54) is 39.3 Å². The molecule has 0 fully saturated rings. The lowest BCUT2D eigenvalue weighted by molar-refractivity contribution is -0.141. The van der Waals surface area contributed by atoms with Crippen LogP contribution in [0.1, 0.15) is 13.3 Å². The average Bonchev–Trinajstić information content (AvgIpc) is 2.53.